The normalized spacial score (nSPS) is 14.5. The van der Waals surface area contributed by atoms with Gasteiger partial charge in [-0.05, 0) is 81.4 Å². The van der Waals surface area contributed by atoms with E-state index in [0.717, 1.165) is 42.8 Å². The lowest BCUT2D eigenvalue weighted by Gasteiger charge is -2.19. The van der Waals surface area contributed by atoms with E-state index in [-0.39, 0.29) is 11.3 Å². The molecule has 3 nitrogen and oxygen atoms in total. The van der Waals surface area contributed by atoms with Gasteiger partial charge in [0, 0.05) is 20.1 Å². The third-order valence-electron chi connectivity index (χ3n) is 5.35. The summed E-state index contributed by atoms with van der Waals surface area (Å²) in [6.45, 7) is 8.58. The Kier molecular flexibility index (Phi) is 5.84. The number of fused-ring (bicyclic) bond motifs is 1. The summed E-state index contributed by atoms with van der Waals surface area (Å²) in [5, 5.41) is 2.97. The zero-order valence-electron chi connectivity index (χ0n) is 17.8. The van der Waals surface area contributed by atoms with Gasteiger partial charge in [0.2, 0.25) is 0 Å². The highest BCUT2D eigenvalue weighted by molar-refractivity contribution is 9.11. The second-order valence-corrected chi connectivity index (χ2v) is 10.4. The first-order valence-corrected chi connectivity index (χ1v) is 11.6. The lowest BCUT2D eigenvalue weighted by molar-refractivity contribution is -0.110. The molecule has 0 fully saturated rings. The Hall–Kier alpha value is -2.37. The molecule has 0 atom stereocenters. The van der Waals surface area contributed by atoms with E-state index < -0.39 is 0 Å². The van der Waals surface area contributed by atoms with Gasteiger partial charge in [-0.3, -0.25) is 4.79 Å². The molecule has 3 aromatic carbocycles. The minimum absolute atomic E-state index is 0.102. The lowest BCUT2D eigenvalue weighted by atomic mass is 9.87. The molecule has 0 aromatic heterocycles. The molecule has 4 rings (SSSR count). The van der Waals surface area contributed by atoms with E-state index in [0.29, 0.717) is 5.57 Å². The molecule has 1 amide bonds. The van der Waals surface area contributed by atoms with E-state index in [2.05, 4.69) is 70.1 Å². The lowest BCUT2D eigenvalue weighted by Crippen LogP contribution is -2.10. The monoisotopic (exact) mass is 539 g/mol. The largest absolute Gasteiger partial charge is 0.457 e. The van der Waals surface area contributed by atoms with E-state index in [4.69, 9.17) is 4.74 Å². The van der Waals surface area contributed by atoms with Crippen LogP contribution in [0.15, 0.2) is 63.5 Å². The van der Waals surface area contributed by atoms with Crippen LogP contribution < -0.4 is 10.1 Å². The Morgan fingerprint density at radius 1 is 0.935 bits per heavy atom. The third kappa shape index (κ3) is 4.48. The third-order valence-corrected chi connectivity index (χ3v) is 6.80. The molecule has 0 saturated carbocycles. The maximum Gasteiger partial charge on any atom is 0.256 e. The summed E-state index contributed by atoms with van der Waals surface area (Å²) in [5.41, 5.74) is 5.65. The molecular formula is C26H23Br2NO2. The van der Waals surface area contributed by atoms with Gasteiger partial charge in [0.1, 0.15) is 11.5 Å². The average Bonchev–Trinajstić information content (AvgIpc) is 3.03. The molecular weight excluding hydrogens is 518 g/mol. The minimum Gasteiger partial charge on any atom is -0.457 e. The Bertz CT molecular complexity index is 1210. The van der Waals surface area contributed by atoms with Crippen molar-refractivity contribution in [2.45, 2.75) is 33.1 Å². The number of carbonyl (C=O) groups is 1. The van der Waals surface area contributed by atoms with Crippen LogP contribution in [0.25, 0.3) is 11.6 Å². The van der Waals surface area contributed by atoms with Crippen molar-refractivity contribution >= 4 is 55.1 Å². The summed E-state index contributed by atoms with van der Waals surface area (Å²) >= 11 is 7.13. The molecule has 1 aliphatic heterocycles. The first-order chi connectivity index (χ1) is 14.6. The van der Waals surface area contributed by atoms with Crippen LogP contribution in [0.4, 0.5) is 5.69 Å². The van der Waals surface area contributed by atoms with Gasteiger partial charge in [0.15, 0.2) is 0 Å². The molecule has 0 radical (unpaired) electrons. The molecule has 5 heteroatoms. The standard InChI is InChI=1S/C26H23Br2NO2/c1-15-21(27)14-22(28)24-23(15)20(25(30)29-24)13-16-6-5-7-19(12-16)31-18-10-8-17(9-11-18)26(2,3)4/h5-14H,1-4H3,(H,29,30). The summed E-state index contributed by atoms with van der Waals surface area (Å²) in [6.07, 6.45) is 1.91. The summed E-state index contributed by atoms with van der Waals surface area (Å²) < 4.78 is 7.87. The number of ether oxygens (including phenoxy) is 1. The zero-order valence-corrected chi connectivity index (χ0v) is 21.0. The molecule has 31 heavy (non-hydrogen) atoms. The second kappa shape index (κ2) is 8.29. The number of hydrogen-bond donors (Lipinski definition) is 1. The number of hydrogen-bond acceptors (Lipinski definition) is 2. The van der Waals surface area contributed by atoms with Crippen LogP contribution in [0.5, 0.6) is 11.5 Å². The van der Waals surface area contributed by atoms with Crippen molar-refractivity contribution in [2.75, 3.05) is 5.32 Å². The minimum atomic E-state index is -0.110. The number of nitrogens with one attached hydrogen (secondary N) is 1. The molecule has 3 aromatic rings. The maximum atomic E-state index is 12.7. The molecule has 158 valence electrons. The summed E-state index contributed by atoms with van der Waals surface area (Å²) in [4.78, 5) is 12.7. The predicted molar refractivity (Wildman–Crippen MR) is 135 cm³/mol. The van der Waals surface area contributed by atoms with Gasteiger partial charge in [0.05, 0.1) is 5.69 Å². The molecule has 1 N–H and O–H groups in total. The molecule has 0 spiro atoms. The number of carbonyl (C=O) groups excluding carboxylic acids is 1. The highest BCUT2D eigenvalue weighted by Crippen LogP contribution is 2.43. The molecule has 0 saturated heterocycles. The molecule has 1 heterocycles. The average molecular weight is 541 g/mol. The number of anilines is 1. The summed E-state index contributed by atoms with van der Waals surface area (Å²) in [6, 6.07) is 17.9. The molecule has 1 aliphatic rings. The number of benzene rings is 3. The number of rotatable bonds is 3. The fourth-order valence-electron chi connectivity index (χ4n) is 3.60. The van der Waals surface area contributed by atoms with Crippen LogP contribution in [0.1, 0.15) is 43.0 Å². The fraction of sp³-hybridized carbons (Fsp3) is 0.192. The second-order valence-electron chi connectivity index (χ2n) is 8.68. The first kappa shape index (κ1) is 21.8. The van der Waals surface area contributed by atoms with E-state index in [1.807, 2.05) is 55.5 Å². The van der Waals surface area contributed by atoms with Crippen LogP contribution in [-0.2, 0) is 10.2 Å². The summed E-state index contributed by atoms with van der Waals surface area (Å²) in [7, 11) is 0. The molecule has 0 aliphatic carbocycles. The van der Waals surface area contributed by atoms with Crippen molar-refractivity contribution in [3.05, 3.63) is 85.8 Å². The van der Waals surface area contributed by atoms with E-state index in [1.165, 1.54) is 5.56 Å². The van der Waals surface area contributed by atoms with Gasteiger partial charge in [-0.25, -0.2) is 0 Å². The fourth-order valence-corrected chi connectivity index (χ4v) is 4.86. The smallest absolute Gasteiger partial charge is 0.256 e. The maximum absolute atomic E-state index is 12.7. The highest BCUT2D eigenvalue weighted by atomic mass is 79.9. The summed E-state index contributed by atoms with van der Waals surface area (Å²) in [5.74, 6) is 1.40. The Morgan fingerprint density at radius 3 is 2.32 bits per heavy atom. The van der Waals surface area contributed by atoms with Gasteiger partial charge < -0.3 is 10.1 Å². The zero-order chi connectivity index (χ0) is 22.3. The number of halogens is 2. The van der Waals surface area contributed by atoms with Crippen LogP contribution in [-0.4, -0.2) is 5.91 Å². The van der Waals surface area contributed by atoms with Crippen molar-refractivity contribution in [1.29, 1.82) is 0 Å². The van der Waals surface area contributed by atoms with Gasteiger partial charge in [0.25, 0.3) is 5.91 Å². The number of amides is 1. The van der Waals surface area contributed by atoms with Gasteiger partial charge in [-0.15, -0.1) is 0 Å². The first-order valence-electron chi connectivity index (χ1n) is 10.0. The topological polar surface area (TPSA) is 38.3 Å². The van der Waals surface area contributed by atoms with Crippen LogP contribution in [0, 0.1) is 6.92 Å². The molecule has 0 bridgehead atoms. The van der Waals surface area contributed by atoms with Crippen LogP contribution >= 0.6 is 31.9 Å². The van der Waals surface area contributed by atoms with Crippen molar-refractivity contribution in [3.63, 3.8) is 0 Å². The van der Waals surface area contributed by atoms with Crippen molar-refractivity contribution < 1.29 is 9.53 Å². The van der Waals surface area contributed by atoms with Crippen LogP contribution in [0.2, 0.25) is 0 Å². The Morgan fingerprint density at radius 2 is 1.65 bits per heavy atom. The highest BCUT2D eigenvalue weighted by Gasteiger charge is 2.29. The van der Waals surface area contributed by atoms with Crippen molar-refractivity contribution in [3.8, 4) is 11.5 Å². The van der Waals surface area contributed by atoms with E-state index >= 15 is 0 Å². The van der Waals surface area contributed by atoms with Crippen molar-refractivity contribution in [2.24, 2.45) is 0 Å². The van der Waals surface area contributed by atoms with Gasteiger partial charge in [-0.1, -0.05) is 61.0 Å². The Labute approximate surface area is 199 Å². The van der Waals surface area contributed by atoms with Crippen molar-refractivity contribution in [1.82, 2.24) is 0 Å². The Balaban J connectivity index is 1.65. The molecule has 0 unspecified atom stereocenters. The van der Waals surface area contributed by atoms with E-state index in [9.17, 15) is 4.79 Å². The van der Waals surface area contributed by atoms with Gasteiger partial charge in [-0.2, -0.15) is 0 Å². The van der Waals surface area contributed by atoms with Crippen LogP contribution in [0.3, 0.4) is 0 Å². The van der Waals surface area contributed by atoms with E-state index in [1.54, 1.807) is 0 Å². The predicted octanol–water partition coefficient (Wildman–Crippen LogP) is 8.10. The van der Waals surface area contributed by atoms with Gasteiger partial charge >= 0.3 is 0 Å². The SMILES string of the molecule is Cc1c(Br)cc(Br)c2c1C(=Cc1cccc(Oc3ccc(C(C)(C)C)cc3)c1)C(=O)N2. The quantitative estimate of drug-likeness (QED) is 0.341.